The van der Waals surface area contributed by atoms with E-state index in [0.717, 1.165) is 5.56 Å². The van der Waals surface area contributed by atoms with Crippen molar-refractivity contribution in [2.24, 2.45) is 0 Å². The van der Waals surface area contributed by atoms with Crippen molar-refractivity contribution in [2.45, 2.75) is 71.7 Å². The number of alkyl carbamates (subject to hydrolysis) is 1. The van der Waals surface area contributed by atoms with E-state index in [1.807, 2.05) is 19.1 Å². The van der Waals surface area contributed by atoms with Gasteiger partial charge in [-0.3, -0.25) is 9.59 Å². The van der Waals surface area contributed by atoms with Crippen molar-refractivity contribution in [1.29, 1.82) is 0 Å². The average Bonchev–Trinajstić information content (AvgIpc) is 2.79. The Balaban J connectivity index is 2.52. The molecule has 202 valence electrons. The standard InChI is InChI=1S/C28H39N3O6/c1-18-11-9-10-12-21(18)23(24(33)29-19-13-15-20(36-8)16-14-19)31(27(2,3)4)25(34)22(17-32)30-26(35)37-28(5,6)7/h9-16,22-23,32H,17H2,1-8H3,(H,29,33)(H,30,35). The quantitative estimate of drug-likeness (QED) is 0.487. The molecule has 37 heavy (non-hydrogen) atoms. The van der Waals surface area contributed by atoms with E-state index in [4.69, 9.17) is 9.47 Å². The van der Waals surface area contributed by atoms with Gasteiger partial charge in [0.05, 0.1) is 13.7 Å². The zero-order valence-corrected chi connectivity index (χ0v) is 22.9. The Kier molecular flexibility index (Phi) is 9.69. The molecule has 0 heterocycles. The third-order valence-corrected chi connectivity index (χ3v) is 5.48. The van der Waals surface area contributed by atoms with Gasteiger partial charge in [0, 0.05) is 11.2 Å². The number of ether oxygens (including phenoxy) is 2. The molecule has 0 saturated carbocycles. The molecule has 0 spiro atoms. The minimum absolute atomic E-state index is 0.448. The van der Waals surface area contributed by atoms with Gasteiger partial charge in [-0.05, 0) is 83.9 Å². The number of hydrogen-bond donors (Lipinski definition) is 3. The minimum Gasteiger partial charge on any atom is -0.497 e. The van der Waals surface area contributed by atoms with E-state index >= 15 is 0 Å². The molecule has 0 aromatic heterocycles. The van der Waals surface area contributed by atoms with Crippen LogP contribution in [0, 0.1) is 6.92 Å². The SMILES string of the molecule is COc1ccc(NC(=O)C(c2ccccc2C)N(C(=O)C(CO)NC(=O)OC(C)(C)C)C(C)(C)C)cc1. The molecule has 2 rings (SSSR count). The highest BCUT2D eigenvalue weighted by Gasteiger charge is 2.42. The number of hydrogen-bond acceptors (Lipinski definition) is 6. The summed E-state index contributed by atoms with van der Waals surface area (Å²) >= 11 is 0. The number of aliphatic hydroxyl groups excluding tert-OH is 1. The number of benzene rings is 2. The zero-order valence-electron chi connectivity index (χ0n) is 22.9. The van der Waals surface area contributed by atoms with Gasteiger partial charge in [-0.2, -0.15) is 0 Å². The van der Waals surface area contributed by atoms with Crippen LogP contribution >= 0.6 is 0 Å². The summed E-state index contributed by atoms with van der Waals surface area (Å²) in [6, 6.07) is 11.7. The number of aliphatic hydroxyl groups is 1. The van der Waals surface area contributed by atoms with Crippen LogP contribution in [0.15, 0.2) is 48.5 Å². The summed E-state index contributed by atoms with van der Waals surface area (Å²) in [6.07, 6.45) is -0.844. The first-order chi connectivity index (χ1) is 17.2. The van der Waals surface area contributed by atoms with E-state index in [9.17, 15) is 19.5 Å². The highest BCUT2D eigenvalue weighted by molar-refractivity contribution is 5.99. The number of aryl methyl sites for hydroxylation is 1. The van der Waals surface area contributed by atoms with Crippen molar-refractivity contribution in [3.8, 4) is 5.75 Å². The molecule has 2 atom stereocenters. The van der Waals surface area contributed by atoms with Crippen LogP contribution in [0.4, 0.5) is 10.5 Å². The largest absolute Gasteiger partial charge is 0.497 e. The Morgan fingerprint density at radius 2 is 1.57 bits per heavy atom. The number of amides is 3. The summed E-state index contributed by atoms with van der Waals surface area (Å²) in [5.41, 5.74) is 0.283. The molecule has 0 aliphatic carbocycles. The van der Waals surface area contributed by atoms with Crippen LogP contribution in [0.1, 0.15) is 58.7 Å². The van der Waals surface area contributed by atoms with Crippen molar-refractivity contribution in [3.05, 3.63) is 59.7 Å². The summed E-state index contributed by atoms with van der Waals surface area (Å²) in [5.74, 6) is -0.436. The molecule has 0 aliphatic rings. The Labute approximate surface area is 219 Å². The van der Waals surface area contributed by atoms with Gasteiger partial charge in [-0.1, -0.05) is 24.3 Å². The molecule has 3 N–H and O–H groups in total. The highest BCUT2D eigenvalue weighted by Crippen LogP contribution is 2.32. The smallest absolute Gasteiger partial charge is 0.408 e. The first-order valence-corrected chi connectivity index (χ1v) is 12.1. The Morgan fingerprint density at radius 1 is 0.973 bits per heavy atom. The Bertz CT molecular complexity index is 1090. The first-order valence-electron chi connectivity index (χ1n) is 12.1. The number of carbonyl (C=O) groups excluding carboxylic acids is 3. The molecule has 0 saturated heterocycles. The van der Waals surface area contributed by atoms with Crippen LogP contribution in [0.25, 0.3) is 0 Å². The summed E-state index contributed by atoms with van der Waals surface area (Å²) in [6.45, 7) is 11.6. The monoisotopic (exact) mass is 513 g/mol. The maximum atomic E-state index is 13.9. The van der Waals surface area contributed by atoms with Gasteiger partial charge >= 0.3 is 6.09 Å². The molecule has 3 amide bonds. The number of rotatable bonds is 8. The number of nitrogens with one attached hydrogen (secondary N) is 2. The molecule has 2 aromatic rings. The van der Waals surface area contributed by atoms with Crippen LogP contribution < -0.4 is 15.4 Å². The molecule has 9 heteroatoms. The maximum Gasteiger partial charge on any atom is 0.408 e. The molecule has 0 bridgehead atoms. The fraction of sp³-hybridized carbons (Fsp3) is 0.464. The predicted octanol–water partition coefficient (Wildman–Crippen LogP) is 4.20. The van der Waals surface area contributed by atoms with E-state index in [1.165, 1.54) is 4.90 Å². The lowest BCUT2D eigenvalue weighted by Gasteiger charge is -2.43. The average molecular weight is 514 g/mol. The molecule has 9 nitrogen and oxygen atoms in total. The van der Waals surface area contributed by atoms with Crippen molar-refractivity contribution < 1.29 is 29.0 Å². The van der Waals surface area contributed by atoms with Gasteiger partial charge in [0.1, 0.15) is 23.4 Å². The van der Waals surface area contributed by atoms with Crippen molar-refractivity contribution in [1.82, 2.24) is 10.2 Å². The lowest BCUT2D eigenvalue weighted by molar-refractivity contribution is -0.147. The summed E-state index contributed by atoms with van der Waals surface area (Å²) in [5, 5.41) is 15.4. The zero-order chi connectivity index (χ0) is 28.0. The Morgan fingerprint density at radius 3 is 2.05 bits per heavy atom. The molecule has 0 aliphatic heterocycles. The molecule has 2 aromatic carbocycles. The second kappa shape index (κ2) is 12.1. The van der Waals surface area contributed by atoms with Crippen molar-refractivity contribution in [2.75, 3.05) is 19.0 Å². The second-order valence-corrected chi connectivity index (χ2v) is 10.7. The molecule has 0 fully saturated rings. The highest BCUT2D eigenvalue weighted by atomic mass is 16.6. The van der Waals surface area contributed by atoms with Gasteiger partial charge in [0.25, 0.3) is 5.91 Å². The molecular weight excluding hydrogens is 474 g/mol. The summed E-state index contributed by atoms with van der Waals surface area (Å²) in [7, 11) is 1.55. The van der Waals surface area contributed by atoms with E-state index < -0.39 is 47.7 Å². The molecule has 2 unspecified atom stereocenters. The topological polar surface area (TPSA) is 117 Å². The number of methoxy groups -OCH3 is 1. The van der Waals surface area contributed by atoms with Crippen LogP contribution in [0.5, 0.6) is 5.75 Å². The van der Waals surface area contributed by atoms with E-state index in [1.54, 1.807) is 85.1 Å². The van der Waals surface area contributed by atoms with Crippen molar-refractivity contribution >= 4 is 23.6 Å². The number of carbonyl (C=O) groups is 3. The first kappa shape index (κ1) is 29.6. The summed E-state index contributed by atoms with van der Waals surface area (Å²) < 4.78 is 10.5. The molecule has 0 radical (unpaired) electrons. The maximum absolute atomic E-state index is 13.9. The van der Waals surface area contributed by atoms with E-state index in [0.29, 0.717) is 17.0 Å². The van der Waals surface area contributed by atoms with Crippen LogP contribution in [-0.2, 0) is 14.3 Å². The fourth-order valence-corrected chi connectivity index (χ4v) is 3.82. The minimum atomic E-state index is -1.32. The lowest BCUT2D eigenvalue weighted by Crippen LogP contribution is -2.59. The van der Waals surface area contributed by atoms with Crippen LogP contribution in [0.2, 0.25) is 0 Å². The van der Waals surface area contributed by atoms with E-state index in [-0.39, 0.29) is 0 Å². The number of nitrogens with zero attached hydrogens (tertiary/aromatic N) is 1. The third-order valence-electron chi connectivity index (χ3n) is 5.48. The van der Waals surface area contributed by atoms with Gasteiger partial charge in [-0.15, -0.1) is 0 Å². The van der Waals surface area contributed by atoms with Crippen LogP contribution in [0.3, 0.4) is 0 Å². The van der Waals surface area contributed by atoms with Gasteiger partial charge < -0.3 is 30.1 Å². The van der Waals surface area contributed by atoms with Crippen LogP contribution in [-0.4, -0.2) is 58.8 Å². The lowest BCUT2D eigenvalue weighted by atomic mass is 9.93. The summed E-state index contributed by atoms with van der Waals surface area (Å²) in [4.78, 5) is 41.5. The van der Waals surface area contributed by atoms with E-state index in [2.05, 4.69) is 10.6 Å². The second-order valence-electron chi connectivity index (χ2n) is 10.7. The fourth-order valence-electron chi connectivity index (χ4n) is 3.82. The normalized spacial score (nSPS) is 13.2. The number of anilines is 1. The molecular formula is C28H39N3O6. The third kappa shape index (κ3) is 8.21. The van der Waals surface area contributed by atoms with Gasteiger partial charge in [0.15, 0.2) is 0 Å². The predicted molar refractivity (Wildman–Crippen MR) is 142 cm³/mol. The Hall–Kier alpha value is -3.59. The van der Waals surface area contributed by atoms with Crippen molar-refractivity contribution in [3.63, 3.8) is 0 Å². The van der Waals surface area contributed by atoms with Gasteiger partial charge in [-0.25, -0.2) is 4.79 Å². The van der Waals surface area contributed by atoms with Gasteiger partial charge in [0.2, 0.25) is 5.91 Å².